The molecule has 0 rings (SSSR count). The first-order valence-electron chi connectivity index (χ1n) is 3.49. The summed E-state index contributed by atoms with van der Waals surface area (Å²) >= 11 is 0. The zero-order valence-corrected chi connectivity index (χ0v) is 10.6. The van der Waals surface area contributed by atoms with Crippen LogP contribution in [0.2, 0.25) is 0 Å². The fourth-order valence-electron chi connectivity index (χ4n) is 0.597. The van der Waals surface area contributed by atoms with Crippen molar-refractivity contribution in [1.29, 1.82) is 0 Å². The second-order valence-corrected chi connectivity index (χ2v) is 3.83. The van der Waals surface area contributed by atoms with Crippen molar-refractivity contribution in [3.05, 3.63) is 0 Å². The van der Waals surface area contributed by atoms with Crippen LogP contribution in [-0.4, -0.2) is 31.3 Å². The molecule has 0 N–H and O–H groups in total. The predicted molar refractivity (Wildman–Crippen MR) is 40.4 cm³/mol. The van der Waals surface area contributed by atoms with Gasteiger partial charge in [0.1, 0.15) is 0 Å². The van der Waals surface area contributed by atoms with Gasteiger partial charge in [-0.2, -0.15) is 0 Å². The Morgan fingerprint density at radius 3 is 2.31 bits per heavy atom. The Morgan fingerprint density at radius 1 is 1.38 bits per heavy atom. The van der Waals surface area contributed by atoms with E-state index in [4.69, 9.17) is 0 Å². The summed E-state index contributed by atoms with van der Waals surface area (Å²) in [5.74, 6) is -0.797. The van der Waals surface area contributed by atoms with Crippen molar-refractivity contribution in [3.63, 3.8) is 0 Å². The summed E-state index contributed by atoms with van der Waals surface area (Å²) in [7, 11) is -4.12. The van der Waals surface area contributed by atoms with Crippen LogP contribution in [0.15, 0.2) is 0 Å². The summed E-state index contributed by atoms with van der Waals surface area (Å²) in [6.07, 6.45) is 0.639. The van der Waals surface area contributed by atoms with Gasteiger partial charge in [-0.05, 0) is 12.8 Å². The van der Waals surface area contributed by atoms with Crippen molar-refractivity contribution in [3.8, 4) is 0 Å². The maximum absolute atomic E-state index is 10.2. The molecule has 13 heavy (non-hydrogen) atoms. The molecule has 72 valence electrons. The Kier molecular flexibility index (Phi) is 9.44. The summed E-state index contributed by atoms with van der Waals surface area (Å²) in [4.78, 5) is 10.2. The number of carbonyl (C=O) groups excluding carboxylic acids is 1. The SMILES string of the molecule is CC(=O)OCCCCS(=O)(=O)[O-].[Na+]. The van der Waals surface area contributed by atoms with Crippen molar-refractivity contribution in [2.24, 2.45) is 0 Å². The number of hydrogen-bond acceptors (Lipinski definition) is 5. The van der Waals surface area contributed by atoms with E-state index >= 15 is 0 Å². The van der Waals surface area contributed by atoms with E-state index in [0.717, 1.165) is 0 Å². The van der Waals surface area contributed by atoms with Gasteiger partial charge < -0.3 is 9.29 Å². The average Bonchev–Trinajstić information content (AvgIpc) is 1.83. The molecule has 0 amide bonds. The zero-order valence-electron chi connectivity index (χ0n) is 7.78. The Labute approximate surface area is 99.9 Å². The third-order valence-electron chi connectivity index (χ3n) is 1.09. The molecule has 0 atom stereocenters. The minimum atomic E-state index is -4.12. The summed E-state index contributed by atoms with van der Waals surface area (Å²) in [6.45, 7) is 1.44. The van der Waals surface area contributed by atoms with Gasteiger partial charge in [-0.3, -0.25) is 4.79 Å². The van der Waals surface area contributed by atoms with Crippen LogP contribution in [0.4, 0.5) is 0 Å². The van der Waals surface area contributed by atoms with E-state index in [2.05, 4.69) is 4.74 Å². The molecule has 0 heterocycles. The summed E-state index contributed by atoms with van der Waals surface area (Å²) < 4.78 is 34.7. The maximum Gasteiger partial charge on any atom is 1.00 e. The normalized spacial score (nSPS) is 10.3. The predicted octanol–water partition coefficient (Wildman–Crippen LogP) is -3.12. The topological polar surface area (TPSA) is 83.5 Å². The Hall–Kier alpha value is 0.380. The average molecular weight is 218 g/mol. The molecule has 0 radical (unpaired) electrons. The summed E-state index contributed by atoms with van der Waals surface area (Å²) in [5.41, 5.74) is 0. The monoisotopic (exact) mass is 218 g/mol. The quantitative estimate of drug-likeness (QED) is 0.211. The van der Waals surface area contributed by atoms with Crippen LogP contribution in [0.5, 0.6) is 0 Å². The van der Waals surface area contributed by atoms with E-state index < -0.39 is 21.8 Å². The molecule has 0 aromatic carbocycles. The van der Waals surface area contributed by atoms with Crippen LogP contribution in [0.25, 0.3) is 0 Å². The first kappa shape index (κ1) is 15.8. The zero-order chi connectivity index (χ0) is 9.61. The number of rotatable bonds is 5. The van der Waals surface area contributed by atoms with Crippen LogP contribution >= 0.6 is 0 Å². The van der Waals surface area contributed by atoms with Gasteiger partial charge >= 0.3 is 35.5 Å². The maximum atomic E-state index is 10.2. The summed E-state index contributed by atoms with van der Waals surface area (Å²) in [6, 6.07) is 0. The smallest absolute Gasteiger partial charge is 0.748 e. The van der Waals surface area contributed by atoms with Gasteiger partial charge in [0, 0.05) is 12.7 Å². The Morgan fingerprint density at radius 2 is 1.92 bits per heavy atom. The van der Waals surface area contributed by atoms with Gasteiger partial charge in [0.2, 0.25) is 0 Å². The molecule has 0 saturated heterocycles. The van der Waals surface area contributed by atoms with Crippen molar-refractivity contribution >= 4 is 16.1 Å². The standard InChI is InChI=1S/C6H12O5S.Na/c1-6(7)11-4-2-3-5-12(8,9)10;/h2-5H2,1H3,(H,8,9,10);/q;+1/p-1. The molecule has 7 heteroatoms. The summed E-state index contributed by atoms with van der Waals surface area (Å²) in [5, 5.41) is 0. The molecule has 0 aliphatic rings. The number of hydrogen-bond donors (Lipinski definition) is 0. The third-order valence-corrected chi connectivity index (χ3v) is 1.88. The molecular formula is C6H11NaO5S. The van der Waals surface area contributed by atoms with Crippen LogP contribution in [-0.2, 0) is 19.6 Å². The second kappa shape index (κ2) is 7.75. The van der Waals surface area contributed by atoms with Crippen LogP contribution in [0, 0.1) is 0 Å². The molecular weight excluding hydrogens is 207 g/mol. The number of ether oxygens (including phenoxy) is 1. The fourth-order valence-corrected chi connectivity index (χ4v) is 1.15. The first-order chi connectivity index (χ1) is 5.42. The van der Waals surface area contributed by atoms with Crippen molar-refractivity contribution in [2.75, 3.05) is 12.4 Å². The molecule has 0 saturated carbocycles. The van der Waals surface area contributed by atoms with E-state index in [-0.39, 0.29) is 42.6 Å². The van der Waals surface area contributed by atoms with Crippen LogP contribution < -0.4 is 29.6 Å². The Balaban J connectivity index is 0. The van der Waals surface area contributed by atoms with Crippen LogP contribution in [0.3, 0.4) is 0 Å². The molecule has 0 fully saturated rings. The molecule has 0 aromatic heterocycles. The molecule has 0 aliphatic carbocycles. The fraction of sp³-hybridized carbons (Fsp3) is 0.833. The molecule has 0 bridgehead atoms. The molecule has 5 nitrogen and oxygen atoms in total. The van der Waals surface area contributed by atoms with E-state index in [1.165, 1.54) is 6.92 Å². The number of esters is 1. The van der Waals surface area contributed by atoms with Gasteiger partial charge in [-0.25, -0.2) is 8.42 Å². The number of unbranched alkanes of at least 4 members (excludes halogenated alkanes) is 1. The van der Waals surface area contributed by atoms with E-state index in [0.29, 0.717) is 6.42 Å². The van der Waals surface area contributed by atoms with Crippen molar-refractivity contribution < 1.29 is 52.1 Å². The van der Waals surface area contributed by atoms with Gasteiger partial charge in [-0.1, -0.05) is 0 Å². The minimum Gasteiger partial charge on any atom is -0.748 e. The number of carbonyl (C=O) groups is 1. The van der Waals surface area contributed by atoms with E-state index in [1.54, 1.807) is 0 Å². The molecule has 0 spiro atoms. The van der Waals surface area contributed by atoms with Crippen LogP contribution in [0.1, 0.15) is 19.8 Å². The Bertz CT molecular complexity index is 235. The van der Waals surface area contributed by atoms with Crippen molar-refractivity contribution in [2.45, 2.75) is 19.8 Å². The largest absolute Gasteiger partial charge is 1.00 e. The third kappa shape index (κ3) is 15.2. The molecule has 0 aromatic rings. The van der Waals surface area contributed by atoms with Gasteiger partial charge in [0.25, 0.3) is 0 Å². The second-order valence-electron chi connectivity index (χ2n) is 2.31. The van der Waals surface area contributed by atoms with E-state index in [1.807, 2.05) is 0 Å². The first-order valence-corrected chi connectivity index (χ1v) is 5.06. The van der Waals surface area contributed by atoms with E-state index in [9.17, 15) is 17.8 Å². The molecule has 0 unspecified atom stereocenters. The van der Waals surface area contributed by atoms with Crippen molar-refractivity contribution in [1.82, 2.24) is 0 Å². The van der Waals surface area contributed by atoms with Gasteiger partial charge in [0.15, 0.2) is 0 Å². The molecule has 0 aliphatic heterocycles. The minimum absolute atomic E-state index is 0. The van der Waals surface area contributed by atoms with Gasteiger partial charge in [-0.15, -0.1) is 0 Å². The van der Waals surface area contributed by atoms with Gasteiger partial charge in [0.05, 0.1) is 16.7 Å².